The van der Waals surface area contributed by atoms with Crippen LogP contribution in [0.1, 0.15) is 108 Å². The van der Waals surface area contributed by atoms with Crippen molar-refractivity contribution in [1.29, 1.82) is 0 Å². The van der Waals surface area contributed by atoms with Crippen LogP contribution >= 0.6 is 0 Å². The number of pyridine rings is 4. The van der Waals surface area contributed by atoms with Gasteiger partial charge in [-0.05, 0) is 176 Å². The van der Waals surface area contributed by atoms with E-state index in [-0.39, 0.29) is 0 Å². The highest BCUT2D eigenvalue weighted by Gasteiger charge is 2.34. The second kappa shape index (κ2) is 22.5. The van der Waals surface area contributed by atoms with Gasteiger partial charge < -0.3 is 0 Å². The number of fused-ring (bicyclic) bond motifs is 20. The Morgan fingerprint density at radius 1 is 0.393 bits per heavy atom. The summed E-state index contributed by atoms with van der Waals surface area (Å²) < 4.78 is 9.71. The number of hydrogen-bond acceptors (Lipinski definition) is 0. The molecular formula is C80H80N4+4. The summed E-state index contributed by atoms with van der Waals surface area (Å²) in [6.45, 7) is 26.5. The predicted octanol–water partition coefficient (Wildman–Crippen LogP) is 17.5. The fraction of sp³-hybridized carbons (Fsp3) is 0.250. The molecule has 4 heteroatoms. The van der Waals surface area contributed by atoms with Gasteiger partial charge in [0, 0.05) is 69.4 Å². The molecule has 0 fully saturated rings. The molecule has 0 atom stereocenters. The fourth-order valence-electron chi connectivity index (χ4n) is 14.3. The molecule has 0 bridgehead atoms. The van der Waals surface area contributed by atoms with Gasteiger partial charge >= 0.3 is 0 Å². The number of hydrogen-bond donors (Lipinski definition) is 0. The third kappa shape index (κ3) is 10.3. The molecule has 0 amide bonds. The lowest BCUT2D eigenvalue weighted by atomic mass is 9.90. The van der Waals surface area contributed by atoms with Crippen LogP contribution in [0.4, 0.5) is 0 Å². The lowest BCUT2D eigenvalue weighted by Gasteiger charge is -2.13. The third-order valence-corrected chi connectivity index (χ3v) is 18.0. The monoisotopic (exact) mass is 1100 g/mol. The Bertz CT molecular complexity index is 4580. The first-order valence-corrected chi connectivity index (χ1v) is 30.9. The van der Waals surface area contributed by atoms with E-state index in [1.54, 1.807) is 5.56 Å². The molecule has 4 nitrogen and oxygen atoms in total. The van der Waals surface area contributed by atoms with Crippen LogP contribution in [0.2, 0.25) is 0 Å². The topological polar surface area (TPSA) is 15.5 Å². The lowest BCUT2D eigenvalue weighted by Crippen LogP contribution is -2.33. The molecule has 0 spiro atoms. The van der Waals surface area contributed by atoms with Crippen LogP contribution < -0.4 is 18.3 Å². The number of aromatic nitrogens is 4. The molecule has 416 valence electrons. The zero-order chi connectivity index (χ0) is 57.9. The van der Waals surface area contributed by atoms with Crippen LogP contribution in [-0.4, -0.2) is 0 Å². The highest BCUT2D eigenvalue weighted by atomic mass is 15.0. The summed E-state index contributed by atoms with van der Waals surface area (Å²) in [5.41, 5.74) is 31.1. The number of nitrogens with zero attached hydrogens (tertiary/aromatic N) is 4. The summed E-state index contributed by atoms with van der Waals surface area (Å²) in [5.74, 6) is 1.37. The summed E-state index contributed by atoms with van der Waals surface area (Å²) in [4.78, 5) is 0. The molecule has 84 heavy (non-hydrogen) atoms. The first kappa shape index (κ1) is 54.6. The number of benzene rings is 8. The lowest BCUT2D eigenvalue weighted by molar-refractivity contribution is -0.671. The van der Waals surface area contributed by atoms with Crippen molar-refractivity contribution in [3.8, 4) is 45.0 Å². The van der Waals surface area contributed by atoms with Crippen LogP contribution in [0.5, 0.6) is 0 Å². The standard InChI is InChI=1S/C24H28N.2C19H18N.C18H16N/c1-16(2)11-18-13-20(12-17(3)4)22-15-25-23-8-6-5-7-19(23)9-10-24(25)21(22)14-18;1-12-4-5-15-6-7-20-11-18-14(3)8-13(2)10-17(18)19(20)16(15)9-12;1-2-5-14-8-9-16-13-20-18-7-4-3-6-15(18)10-11-19(20)17(16)12-14;1-12-9-13(2)17-11-19-8-7-14-5-3-4-6-15(14)18(19)16(17)10-12/h5-10,13-14,16-17H,11-12,15H2,1-4H3;4-10H,11H2,1-3H3;3-4,6-12H,2,5,13H2,1H3;3-10H,11H2,1-2H3/q4*+1. The number of aryl methyl sites for hydroxylation is 6. The molecular weight excluding hydrogens is 1020 g/mol. The van der Waals surface area contributed by atoms with Crippen molar-refractivity contribution >= 4 is 43.4 Å². The van der Waals surface area contributed by atoms with E-state index in [0.717, 1.165) is 32.6 Å². The molecule has 0 aliphatic carbocycles. The summed E-state index contributed by atoms with van der Waals surface area (Å²) in [6, 6.07) is 67.5. The highest BCUT2D eigenvalue weighted by Crippen LogP contribution is 2.38. The zero-order valence-electron chi connectivity index (χ0n) is 51.1. The Morgan fingerprint density at radius 3 is 1.55 bits per heavy atom. The van der Waals surface area contributed by atoms with Crippen molar-refractivity contribution in [1.82, 2.24) is 0 Å². The Labute approximate surface area is 498 Å². The average molecular weight is 1100 g/mol. The molecule has 8 heterocycles. The zero-order valence-corrected chi connectivity index (χ0v) is 51.1. The molecule has 0 saturated carbocycles. The average Bonchev–Trinajstić information content (AvgIpc) is 2.93. The maximum atomic E-state index is 2.50. The highest BCUT2D eigenvalue weighted by molar-refractivity contribution is 5.96. The summed E-state index contributed by atoms with van der Waals surface area (Å²) in [7, 11) is 0. The Morgan fingerprint density at radius 2 is 0.929 bits per heavy atom. The molecule has 4 aliphatic rings. The fourth-order valence-corrected chi connectivity index (χ4v) is 14.3. The van der Waals surface area contributed by atoms with Gasteiger partial charge in [0.2, 0.25) is 33.8 Å². The number of para-hydroxylation sites is 2. The van der Waals surface area contributed by atoms with Crippen LogP contribution in [0.25, 0.3) is 88.4 Å². The molecule has 0 saturated heterocycles. The van der Waals surface area contributed by atoms with Crippen molar-refractivity contribution in [2.45, 2.75) is 121 Å². The van der Waals surface area contributed by atoms with E-state index < -0.39 is 0 Å². The van der Waals surface area contributed by atoms with E-state index in [9.17, 15) is 0 Å². The van der Waals surface area contributed by atoms with Crippen molar-refractivity contribution in [2.75, 3.05) is 0 Å². The minimum Gasteiger partial charge on any atom is -0.193 e. The normalized spacial score (nSPS) is 12.6. The van der Waals surface area contributed by atoms with Crippen molar-refractivity contribution in [3.05, 3.63) is 261 Å². The molecule has 16 rings (SSSR count). The van der Waals surface area contributed by atoms with E-state index >= 15 is 0 Å². The third-order valence-electron chi connectivity index (χ3n) is 18.0. The van der Waals surface area contributed by atoms with E-state index in [2.05, 4.69) is 282 Å². The Kier molecular flexibility index (Phi) is 14.7. The molecule has 0 radical (unpaired) electrons. The van der Waals surface area contributed by atoms with Gasteiger partial charge in [0.05, 0.1) is 33.0 Å². The largest absolute Gasteiger partial charge is 0.221 e. The van der Waals surface area contributed by atoms with Gasteiger partial charge in [0.15, 0.2) is 38.6 Å². The van der Waals surface area contributed by atoms with Crippen molar-refractivity contribution < 1.29 is 18.3 Å². The van der Waals surface area contributed by atoms with Gasteiger partial charge in [-0.15, -0.1) is 0 Å². The van der Waals surface area contributed by atoms with Crippen molar-refractivity contribution in [2.24, 2.45) is 11.8 Å². The Hall–Kier alpha value is -8.60. The predicted molar refractivity (Wildman–Crippen MR) is 349 cm³/mol. The first-order valence-electron chi connectivity index (χ1n) is 30.9. The second-order valence-electron chi connectivity index (χ2n) is 25.4. The minimum atomic E-state index is 0.684. The first-order chi connectivity index (χ1) is 40.8. The van der Waals surface area contributed by atoms with E-state index in [4.69, 9.17) is 0 Å². The molecule has 12 aromatic rings. The van der Waals surface area contributed by atoms with Gasteiger partial charge in [-0.1, -0.05) is 132 Å². The van der Waals surface area contributed by atoms with Gasteiger partial charge in [0.25, 0.3) is 0 Å². The van der Waals surface area contributed by atoms with Crippen LogP contribution in [-0.2, 0) is 45.4 Å². The summed E-state index contributed by atoms with van der Waals surface area (Å²) in [6.07, 6.45) is 9.14. The molecule has 4 aromatic heterocycles. The molecule has 0 N–H and O–H groups in total. The van der Waals surface area contributed by atoms with Crippen LogP contribution in [0.3, 0.4) is 0 Å². The second-order valence-corrected chi connectivity index (χ2v) is 25.4. The molecule has 0 unspecified atom stereocenters. The van der Waals surface area contributed by atoms with Crippen LogP contribution in [0.15, 0.2) is 194 Å². The maximum Gasteiger partial charge on any atom is 0.221 e. The minimum absolute atomic E-state index is 0.684. The smallest absolute Gasteiger partial charge is 0.193 e. The van der Waals surface area contributed by atoms with Crippen molar-refractivity contribution in [3.63, 3.8) is 0 Å². The van der Waals surface area contributed by atoms with E-state index in [0.29, 0.717) is 11.8 Å². The van der Waals surface area contributed by atoms with Gasteiger partial charge in [-0.25, -0.2) is 0 Å². The molecule has 8 aromatic carbocycles. The van der Waals surface area contributed by atoms with Gasteiger partial charge in [-0.2, -0.15) is 18.3 Å². The van der Waals surface area contributed by atoms with E-state index in [1.807, 2.05) is 0 Å². The molecule has 4 aliphatic heterocycles. The summed E-state index contributed by atoms with van der Waals surface area (Å²) in [5, 5.41) is 8.02. The van der Waals surface area contributed by atoms with Crippen LogP contribution in [0, 0.1) is 46.5 Å². The maximum absolute atomic E-state index is 2.50. The SMILES string of the molecule is CC(C)Cc1cc(CC(C)C)c2c(c1)-c1ccc3ccccc3[n+]1C2.CCCc1ccc2c(c1)-c1ccc3ccccc3[n+]1C2.Cc1cc(C)c2c(c1)-c1c3cc(C)ccc3cc[n+]1C2.Cc1cc(C)c2c(c1)-c1c3ccccc3cc[n+]1C2. The quantitative estimate of drug-likeness (QED) is 0.148. The summed E-state index contributed by atoms with van der Waals surface area (Å²) >= 11 is 0. The number of rotatable bonds is 6. The van der Waals surface area contributed by atoms with Gasteiger partial charge in [0.1, 0.15) is 0 Å². The van der Waals surface area contributed by atoms with E-state index in [1.165, 1.54) is 169 Å². The Balaban J connectivity index is 0.000000105. The van der Waals surface area contributed by atoms with Gasteiger partial charge in [-0.3, -0.25) is 0 Å².